The number of likely N-dealkylation sites (N-methyl/N-ethyl adjacent to an activating group) is 1. The van der Waals surface area contributed by atoms with Gasteiger partial charge in [0.05, 0.1) is 30.7 Å². The Morgan fingerprint density at radius 1 is 1.09 bits per heavy atom. The zero-order valence-corrected chi connectivity index (χ0v) is 18.9. The van der Waals surface area contributed by atoms with Crippen LogP contribution in [0.25, 0.3) is 11.0 Å². The van der Waals surface area contributed by atoms with Gasteiger partial charge >= 0.3 is 0 Å². The number of hydrogen-bond acceptors (Lipinski definition) is 6. The fraction of sp³-hybridized carbons (Fsp3) is 0.360. The number of fused-ring (bicyclic) bond motifs is 2. The molecule has 2 aromatic carbocycles. The third-order valence-electron chi connectivity index (χ3n) is 5.61. The van der Waals surface area contributed by atoms with Gasteiger partial charge in [0.2, 0.25) is 5.76 Å². The molecule has 0 saturated heterocycles. The first-order valence-corrected chi connectivity index (χ1v) is 10.8. The predicted octanol–water partition coefficient (Wildman–Crippen LogP) is 3.70. The smallest absolute Gasteiger partial charge is 0.290 e. The van der Waals surface area contributed by atoms with Gasteiger partial charge in [0.1, 0.15) is 17.1 Å². The Labute approximate surface area is 187 Å². The van der Waals surface area contributed by atoms with Crippen LogP contribution in [-0.2, 0) is 0 Å². The zero-order chi connectivity index (χ0) is 22.8. The van der Waals surface area contributed by atoms with Crippen LogP contribution in [0.2, 0.25) is 0 Å². The molecule has 4 rings (SSSR count). The van der Waals surface area contributed by atoms with Crippen LogP contribution in [0.3, 0.4) is 0 Å². The summed E-state index contributed by atoms with van der Waals surface area (Å²) in [7, 11) is 5.45. The van der Waals surface area contributed by atoms with E-state index in [9.17, 15) is 9.59 Å². The first kappa shape index (κ1) is 21.9. The van der Waals surface area contributed by atoms with Crippen molar-refractivity contribution < 1.29 is 18.7 Å². The van der Waals surface area contributed by atoms with Gasteiger partial charge in [-0.1, -0.05) is 19.1 Å². The highest BCUT2D eigenvalue weighted by Gasteiger charge is 2.42. The summed E-state index contributed by atoms with van der Waals surface area (Å²) in [6.45, 7) is 3.76. The summed E-state index contributed by atoms with van der Waals surface area (Å²) in [6, 6.07) is 12.1. The fourth-order valence-electron chi connectivity index (χ4n) is 4.00. The SMILES string of the molecule is CCCOc1cccc([C@@H]2c3c(oc4cc(OC)ccc4c3=O)C(=O)N2CCN(C)C)c1. The summed E-state index contributed by atoms with van der Waals surface area (Å²) in [5.41, 5.74) is 1.34. The minimum Gasteiger partial charge on any atom is -0.497 e. The topological polar surface area (TPSA) is 72.2 Å². The molecule has 0 unspecified atom stereocenters. The monoisotopic (exact) mass is 436 g/mol. The maximum Gasteiger partial charge on any atom is 0.290 e. The molecule has 7 nitrogen and oxygen atoms in total. The highest BCUT2D eigenvalue weighted by molar-refractivity contribution is 5.99. The average molecular weight is 437 g/mol. The number of ether oxygens (including phenoxy) is 2. The van der Waals surface area contributed by atoms with E-state index in [1.165, 1.54) is 0 Å². The van der Waals surface area contributed by atoms with Gasteiger partial charge in [-0.15, -0.1) is 0 Å². The largest absolute Gasteiger partial charge is 0.497 e. The van der Waals surface area contributed by atoms with Gasteiger partial charge < -0.3 is 23.7 Å². The van der Waals surface area contributed by atoms with Crippen LogP contribution >= 0.6 is 0 Å². The number of benzene rings is 2. The zero-order valence-electron chi connectivity index (χ0n) is 18.9. The van der Waals surface area contributed by atoms with E-state index in [4.69, 9.17) is 13.9 Å². The van der Waals surface area contributed by atoms with Crippen molar-refractivity contribution in [2.45, 2.75) is 19.4 Å². The minimum absolute atomic E-state index is 0.0967. The average Bonchev–Trinajstić information content (AvgIpc) is 3.08. The highest BCUT2D eigenvalue weighted by atomic mass is 16.5. The second kappa shape index (κ2) is 9.04. The van der Waals surface area contributed by atoms with Crippen LogP contribution < -0.4 is 14.9 Å². The molecule has 1 aliphatic rings. The van der Waals surface area contributed by atoms with E-state index in [-0.39, 0.29) is 17.1 Å². The van der Waals surface area contributed by atoms with Gasteiger partial charge in [-0.05, 0) is 50.3 Å². The minimum atomic E-state index is -0.537. The molecule has 7 heteroatoms. The molecule has 0 spiro atoms. The van der Waals surface area contributed by atoms with Crippen LogP contribution in [-0.4, -0.2) is 56.6 Å². The maximum absolute atomic E-state index is 13.6. The van der Waals surface area contributed by atoms with Gasteiger partial charge in [0.15, 0.2) is 5.43 Å². The first-order chi connectivity index (χ1) is 15.4. The van der Waals surface area contributed by atoms with Crippen LogP contribution in [0.15, 0.2) is 51.7 Å². The van der Waals surface area contributed by atoms with Gasteiger partial charge in [-0.25, -0.2) is 0 Å². The van der Waals surface area contributed by atoms with Crippen LogP contribution in [0.1, 0.15) is 41.1 Å². The Kier molecular flexibility index (Phi) is 6.19. The Bertz CT molecular complexity index is 1200. The summed E-state index contributed by atoms with van der Waals surface area (Å²) < 4.78 is 17.1. The summed E-state index contributed by atoms with van der Waals surface area (Å²) in [6.07, 6.45) is 0.892. The lowest BCUT2D eigenvalue weighted by atomic mass is 9.98. The van der Waals surface area contributed by atoms with Gasteiger partial charge in [-0.3, -0.25) is 9.59 Å². The van der Waals surface area contributed by atoms with E-state index in [1.54, 1.807) is 30.2 Å². The van der Waals surface area contributed by atoms with E-state index in [0.717, 1.165) is 12.0 Å². The van der Waals surface area contributed by atoms with E-state index in [2.05, 4.69) is 0 Å². The van der Waals surface area contributed by atoms with Gasteiger partial charge in [0, 0.05) is 19.2 Å². The number of amides is 1. The van der Waals surface area contributed by atoms with Crippen molar-refractivity contribution in [1.82, 2.24) is 9.80 Å². The quantitative estimate of drug-likeness (QED) is 0.536. The number of nitrogens with zero attached hydrogens (tertiary/aromatic N) is 2. The molecule has 168 valence electrons. The maximum atomic E-state index is 13.6. The van der Waals surface area contributed by atoms with Gasteiger partial charge in [-0.2, -0.15) is 0 Å². The Morgan fingerprint density at radius 3 is 2.62 bits per heavy atom. The molecule has 1 atom stereocenters. The van der Waals surface area contributed by atoms with Crippen molar-refractivity contribution in [3.8, 4) is 11.5 Å². The second-order valence-electron chi connectivity index (χ2n) is 8.16. The molecule has 3 aromatic rings. The number of rotatable bonds is 8. The van der Waals surface area contributed by atoms with Crippen molar-refractivity contribution in [2.75, 3.05) is 40.9 Å². The number of methoxy groups -OCH3 is 1. The Morgan fingerprint density at radius 2 is 1.91 bits per heavy atom. The van der Waals surface area contributed by atoms with E-state index in [0.29, 0.717) is 47.7 Å². The van der Waals surface area contributed by atoms with Gasteiger partial charge in [0.25, 0.3) is 5.91 Å². The molecule has 0 aliphatic carbocycles. The first-order valence-electron chi connectivity index (χ1n) is 10.8. The molecule has 1 aliphatic heterocycles. The summed E-state index contributed by atoms with van der Waals surface area (Å²) in [5, 5.41) is 0.426. The van der Waals surface area contributed by atoms with E-state index >= 15 is 0 Å². The molecule has 1 aromatic heterocycles. The van der Waals surface area contributed by atoms with Crippen LogP contribution in [0.4, 0.5) is 0 Å². The normalized spacial score (nSPS) is 15.5. The third kappa shape index (κ3) is 3.96. The fourth-order valence-corrected chi connectivity index (χ4v) is 4.00. The van der Waals surface area contributed by atoms with E-state index < -0.39 is 6.04 Å². The molecular weight excluding hydrogens is 408 g/mol. The van der Waals surface area contributed by atoms with Crippen molar-refractivity contribution in [1.29, 1.82) is 0 Å². The molecule has 0 bridgehead atoms. The Balaban J connectivity index is 1.88. The summed E-state index contributed by atoms with van der Waals surface area (Å²) >= 11 is 0. The lowest BCUT2D eigenvalue weighted by molar-refractivity contribution is 0.0716. The van der Waals surface area contributed by atoms with E-state index in [1.807, 2.05) is 50.2 Å². The number of carbonyl (C=O) groups is 1. The van der Waals surface area contributed by atoms with Crippen LogP contribution in [0.5, 0.6) is 11.5 Å². The molecule has 0 saturated carbocycles. The number of carbonyl (C=O) groups excluding carboxylic acids is 1. The Hall–Kier alpha value is -3.32. The van der Waals surface area contributed by atoms with Crippen molar-refractivity contribution >= 4 is 16.9 Å². The highest BCUT2D eigenvalue weighted by Crippen LogP contribution is 2.39. The molecule has 32 heavy (non-hydrogen) atoms. The molecule has 0 radical (unpaired) electrons. The van der Waals surface area contributed by atoms with Crippen molar-refractivity contribution in [3.05, 3.63) is 69.6 Å². The van der Waals surface area contributed by atoms with Crippen molar-refractivity contribution in [2.24, 2.45) is 0 Å². The molecule has 0 fully saturated rings. The standard InChI is InChI=1S/C25H28N2O5/c1-5-13-31-18-8-6-7-16(14-18)22-21-23(28)19-10-9-17(30-4)15-20(19)32-24(21)25(29)27(22)12-11-26(2)3/h6-10,14-15,22H,5,11-13H2,1-4H3/t22-/m1/s1. The lowest BCUT2D eigenvalue weighted by Gasteiger charge is -2.26. The van der Waals surface area contributed by atoms with Crippen molar-refractivity contribution in [3.63, 3.8) is 0 Å². The lowest BCUT2D eigenvalue weighted by Crippen LogP contribution is -2.35. The number of hydrogen-bond donors (Lipinski definition) is 0. The summed E-state index contributed by atoms with van der Waals surface area (Å²) in [4.78, 5) is 30.7. The predicted molar refractivity (Wildman–Crippen MR) is 123 cm³/mol. The molecule has 2 heterocycles. The second-order valence-corrected chi connectivity index (χ2v) is 8.16. The van der Waals surface area contributed by atoms with Crippen LogP contribution in [0, 0.1) is 0 Å². The molecule has 0 N–H and O–H groups in total. The molecular formula is C25H28N2O5. The third-order valence-corrected chi connectivity index (χ3v) is 5.61. The molecule has 1 amide bonds. The summed E-state index contributed by atoms with van der Waals surface area (Å²) in [5.74, 6) is 1.09.